The van der Waals surface area contributed by atoms with Crippen molar-refractivity contribution in [2.75, 3.05) is 9.80 Å². The van der Waals surface area contributed by atoms with Gasteiger partial charge in [0.2, 0.25) is 0 Å². The summed E-state index contributed by atoms with van der Waals surface area (Å²) in [5.41, 5.74) is 14.9. The highest BCUT2D eigenvalue weighted by Crippen LogP contribution is 2.45. The van der Waals surface area contributed by atoms with Crippen molar-refractivity contribution in [3.8, 4) is 22.3 Å². The number of hydrogen-bond donors (Lipinski definition) is 0. The molecule has 0 saturated heterocycles. The molecule has 0 aromatic heterocycles. The molecule has 0 atom stereocenters. The van der Waals surface area contributed by atoms with Crippen molar-refractivity contribution in [1.82, 2.24) is 0 Å². The zero-order valence-electron chi connectivity index (χ0n) is 31.4. The van der Waals surface area contributed by atoms with E-state index in [4.69, 9.17) is 0 Å². The number of nitrogens with zero attached hydrogens (tertiary/aromatic N) is 2. The van der Waals surface area contributed by atoms with E-state index in [9.17, 15) is 0 Å². The van der Waals surface area contributed by atoms with E-state index in [0.717, 1.165) is 35.6 Å². The molecule has 0 N–H and O–H groups in total. The van der Waals surface area contributed by atoms with Crippen molar-refractivity contribution in [3.63, 3.8) is 0 Å². The smallest absolute Gasteiger partial charge is 0.0496 e. The van der Waals surface area contributed by atoms with Gasteiger partial charge in [-0.05, 0) is 147 Å². The topological polar surface area (TPSA) is 6.48 Å². The van der Waals surface area contributed by atoms with Gasteiger partial charge in [-0.25, -0.2) is 0 Å². The fourth-order valence-electron chi connectivity index (χ4n) is 8.88. The van der Waals surface area contributed by atoms with Crippen LogP contribution in [0, 0.1) is 0 Å². The van der Waals surface area contributed by atoms with Crippen LogP contribution in [0.3, 0.4) is 0 Å². The van der Waals surface area contributed by atoms with E-state index in [0.29, 0.717) is 0 Å². The second kappa shape index (κ2) is 14.7. The molecule has 10 rings (SSSR count). The Bertz CT molecular complexity index is 2720. The Labute approximate surface area is 329 Å². The summed E-state index contributed by atoms with van der Waals surface area (Å²) in [5, 5.41) is 5.05. The largest absolute Gasteiger partial charge is 0.311 e. The molecule has 0 heterocycles. The predicted molar refractivity (Wildman–Crippen MR) is 238 cm³/mol. The lowest BCUT2D eigenvalue weighted by Crippen LogP contribution is -2.15. The van der Waals surface area contributed by atoms with Crippen LogP contribution in [0.1, 0.15) is 24.0 Å². The van der Waals surface area contributed by atoms with Gasteiger partial charge in [-0.2, -0.15) is 0 Å². The van der Waals surface area contributed by atoms with E-state index in [2.05, 4.69) is 216 Å². The summed E-state index contributed by atoms with van der Waals surface area (Å²) in [5.74, 6) is 0. The van der Waals surface area contributed by atoms with Crippen molar-refractivity contribution in [1.29, 1.82) is 0 Å². The van der Waals surface area contributed by atoms with Crippen LogP contribution in [0.25, 0.3) is 43.8 Å². The lowest BCUT2D eigenvalue weighted by Gasteiger charge is -2.31. The van der Waals surface area contributed by atoms with Crippen LogP contribution in [0.5, 0.6) is 0 Å². The lowest BCUT2D eigenvalue weighted by molar-refractivity contribution is 0.686. The number of anilines is 6. The number of aryl methyl sites for hydroxylation is 1. The Balaban J connectivity index is 1.07. The molecule has 1 aliphatic carbocycles. The average molecular weight is 719 g/mol. The molecule has 0 radical (unpaired) electrons. The number of fused-ring (bicyclic) bond motifs is 3. The van der Waals surface area contributed by atoms with Crippen LogP contribution in [0.15, 0.2) is 206 Å². The summed E-state index contributed by atoms with van der Waals surface area (Å²) in [6.45, 7) is 0. The van der Waals surface area contributed by atoms with E-state index >= 15 is 0 Å². The highest BCUT2D eigenvalue weighted by Gasteiger charge is 2.22. The SMILES string of the molecule is c1ccc(-c2c3ccccc3c(-c3ccc(N(c4ccccc4)c4ccc(N(c5ccccc5)c5cccc6c5CCCC6)cc4)cc3)c3ccccc23)cc1. The molecular formula is C54H42N2. The van der Waals surface area contributed by atoms with Gasteiger partial charge < -0.3 is 9.80 Å². The normalized spacial score (nSPS) is 12.4. The molecule has 0 amide bonds. The van der Waals surface area contributed by atoms with Crippen LogP contribution < -0.4 is 9.80 Å². The first-order valence-corrected chi connectivity index (χ1v) is 19.8. The van der Waals surface area contributed by atoms with Gasteiger partial charge in [0.25, 0.3) is 0 Å². The first kappa shape index (κ1) is 33.7. The Morgan fingerprint density at radius 1 is 0.286 bits per heavy atom. The lowest BCUT2D eigenvalue weighted by atomic mass is 9.86. The molecule has 0 saturated carbocycles. The van der Waals surface area contributed by atoms with Gasteiger partial charge in [0.1, 0.15) is 0 Å². The van der Waals surface area contributed by atoms with Gasteiger partial charge in [-0.3, -0.25) is 0 Å². The maximum atomic E-state index is 2.44. The molecule has 2 nitrogen and oxygen atoms in total. The second-order valence-corrected chi connectivity index (χ2v) is 14.7. The van der Waals surface area contributed by atoms with E-state index in [1.165, 1.54) is 79.1 Å². The first-order chi connectivity index (χ1) is 27.8. The summed E-state index contributed by atoms with van der Waals surface area (Å²) < 4.78 is 0. The zero-order chi connectivity index (χ0) is 37.3. The van der Waals surface area contributed by atoms with Crippen LogP contribution in [-0.2, 0) is 12.8 Å². The third-order valence-electron chi connectivity index (χ3n) is 11.4. The molecule has 9 aromatic carbocycles. The van der Waals surface area contributed by atoms with Gasteiger partial charge >= 0.3 is 0 Å². The van der Waals surface area contributed by atoms with Crippen molar-refractivity contribution in [3.05, 3.63) is 217 Å². The Hall–Kier alpha value is -6.90. The van der Waals surface area contributed by atoms with Gasteiger partial charge in [-0.1, -0.05) is 140 Å². The predicted octanol–water partition coefficient (Wildman–Crippen LogP) is 15.1. The standard InChI is InChI=1S/C54H42N2/c1-4-18-40(19-5-1)53-48-26-12-14-28-50(48)54(51-29-15-13-27-49(51)53)41-31-33-44(34-32-41)55(42-21-6-2-7-22-42)45-35-37-46(38-36-45)56(43-23-8-3-9-24-43)52-30-16-20-39-17-10-11-25-47(39)52/h1-9,12-16,18-24,26-38H,10-11,17,25H2. The fourth-order valence-corrected chi connectivity index (χ4v) is 8.88. The number of para-hydroxylation sites is 2. The molecule has 1 aliphatic rings. The molecule has 0 spiro atoms. The number of benzene rings is 9. The first-order valence-electron chi connectivity index (χ1n) is 19.8. The molecule has 0 fully saturated rings. The third-order valence-corrected chi connectivity index (χ3v) is 11.4. The van der Waals surface area contributed by atoms with E-state index < -0.39 is 0 Å². The van der Waals surface area contributed by atoms with Crippen molar-refractivity contribution in [2.24, 2.45) is 0 Å². The van der Waals surface area contributed by atoms with Crippen LogP contribution in [0.4, 0.5) is 34.1 Å². The summed E-state index contributed by atoms with van der Waals surface area (Å²) in [4.78, 5) is 4.80. The maximum Gasteiger partial charge on any atom is 0.0496 e. The minimum absolute atomic E-state index is 1.11. The Morgan fingerprint density at radius 2 is 0.679 bits per heavy atom. The summed E-state index contributed by atoms with van der Waals surface area (Å²) in [6, 6.07) is 75.1. The Kier molecular flexibility index (Phi) is 8.85. The molecule has 0 aliphatic heterocycles. The Morgan fingerprint density at radius 3 is 1.21 bits per heavy atom. The number of rotatable bonds is 8. The summed E-state index contributed by atoms with van der Waals surface area (Å²) >= 11 is 0. The van der Waals surface area contributed by atoms with Gasteiger partial charge in [0.15, 0.2) is 0 Å². The highest BCUT2D eigenvalue weighted by atomic mass is 15.2. The molecule has 0 unspecified atom stereocenters. The van der Waals surface area contributed by atoms with E-state index in [1.807, 2.05) is 0 Å². The van der Waals surface area contributed by atoms with Gasteiger partial charge in [-0.15, -0.1) is 0 Å². The van der Waals surface area contributed by atoms with Gasteiger partial charge in [0.05, 0.1) is 0 Å². The molecule has 56 heavy (non-hydrogen) atoms. The van der Waals surface area contributed by atoms with Crippen LogP contribution in [-0.4, -0.2) is 0 Å². The molecular weight excluding hydrogens is 677 g/mol. The van der Waals surface area contributed by atoms with Crippen molar-refractivity contribution in [2.45, 2.75) is 25.7 Å². The highest BCUT2D eigenvalue weighted by molar-refractivity contribution is 6.21. The van der Waals surface area contributed by atoms with Crippen LogP contribution >= 0.6 is 0 Å². The monoisotopic (exact) mass is 718 g/mol. The fraction of sp³-hybridized carbons (Fsp3) is 0.0741. The molecule has 0 bridgehead atoms. The quantitative estimate of drug-likeness (QED) is 0.144. The zero-order valence-corrected chi connectivity index (χ0v) is 31.4. The average Bonchev–Trinajstić information content (AvgIpc) is 3.28. The molecule has 2 heteroatoms. The minimum Gasteiger partial charge on any atom is -0.311 e. The van der Waals surface area contributed by atoms with Crippen LogP contribution in [0.2, 0.25) is 0 Å². The molecule has 9 aromatic rings. The maximum absolute atomic E-state index is 2.44. The van der Waals surface area contributed by atoms with Crippen molar-refractivity contribution >= 4 is 55.7 Å². The molecule has 268 valence electrons. The van der Waals surface area contributed by atoms with Gasteiger partial charge in [0, 0.05) is 34.1 Å². The third kappa shape index (κ3) is 6.10. The van der Waals surface area contributed by atoms with Crippen molar-refractivity contribution < 1.29 is 0 Å². The second-order valence-electron chi connectivity index (χ2n) is 14.7. The minimum atomic E-state index is 1.11. The summed E-state index contributed by atoms with van der Waals surface area (Å²) in [7, 11) is 0. The van der Waals surface area contributed by atoms with E-state index in [1.54, 1.807) is 0 Å². The van der Waals surface area contributed by atoms with E-state index in [-0.39, 0.29) is 0 Å². The summed E-state index contributed by atoms with van der Waals surface area (Å²) in [6.07, 6.45) is 4.77. The number of hydrogen-bond acceptors (Lipinski definition) is 2.